The van der Waals surface area contributed by atoms with Crippen molar-refractivity contribution in [2.45, 2.75) is 27.7 Å². The SMILES string of the molecule is CCOC(=O)c1nnc(Cl)cc1Cl.CCOC(=O)c1nnc(Cl)cc1Nc1cc(C)cc(C)n1. The summed E-state index contributed by atoms with van der Waals surface area (Å²) < 4.78 is 9.63. The molecule has 0 aromatic carbocycles. The van der Waals surface area contributed by atoms with Gasteiger partial charge in [-0.25, -0.2) is 14.6 Å². The number of anilines is 2. The molecule has 0 spiro atoms. The summed E-state index contributed by atoms with van der Waals surface area (Å²) in [6, 6.07) is 6.66. The molecule has 0 unspecified atom stereocenters. The molecule has 0 saturated heterocycles. The first-order chi connectivity index (χ1) is 16.1. The maximum atomic E-state index is 11.9. The summed E-state index contributed by atoms with van der Waals surface area (Å²) >= 11 is 17.0. The highest BCUT2D eigenvalue weighted by atomic mass is 35.5. The summed E-state index contributed by atoms with van der Waals surface area (Å²) in [5.74, 6) is -0.563. The summed E-state index contributed by atoms with van der Waals surface area (Å²) in [6.45, 7) is 7.78. The van der Waals surface area contributed by atoms with Crippen LogP contribution in [0, 0.1) is 13.8 Å². The third-order valence-corrected chi connectivity index (χ3v) is 4.44. The second-order valence-electron chi connectivity index (χ2n) is 6.53. The molecule has 0 amide bonds. The van der Waals surface area contributed by atoms with E-state index in [0.717, 1.165) is 11.3 Å². The van der Waals surface area contributed by atoms with Gasteiger partial charge in [0.25, 0.3) is 0 Å². The van der Waals surface area contributed by atoms with Crippen molar-refractivity contribution in [2.75, 3.05) is 18.5 Å². The Morgan fingerprint density at radius 2 is 1.38 bits per heavy atom. The molecule has 34 heavy (non-hydrogen) atoms. The van der Waals surface area contributed by atoms with E-state index in [0.29, 0.717) is 11.5 Å². The van der Waals surface area contributed by atoms with Crippen molar-refractivity contribution < 1.29 is 19.1 Å². The minimum absolute atomic E-state index is 0.0204. The monoisotopic (exact) mass is 526 g/mol. The van der Waals surface area contributed by atoms with E-state index in [2.05, 4.69) is 35.4 Å². The lowest BCUT2D eigenvalue weighted by atomic mass is 10.2. The molecular weight excluding hydrogens is 507 g/mol. The van der Waals surface area contributed by atoms with Gasteiger partial charge in [0.05, 0.1) is 23.9 Å². The molecule has 0 aliphatic carbocycles. The molecule has 0 aliphatic heterocycles. The van der Waals surface area contributed by atoms with Crippen LogP contribution in [0.3, 0.4) is 0 Å². The number of carbonyl (C=O) groups excluding carboxylic acids is 2. The Balaban J connectivity index is 0.000000270. The summed E-state index contributed by atoms with van der Waals surface area (Å²) in [5, 5.41) is 17.9. The number of ether oxygens (including phenoxy) is 2. The lowest BCUT2D eigenvalue weighted by Gasteiger charge is -2.10. The van der Waals surface area contributed by atoms with Crippen molar-refractivity contribution >= 4 is 58.2 Å². The normalized spacial score (nSPS) is 10.1. The number of halogens is 3. The molecule has 3 aromatic rings. The van der Waals surface area contributed by atoms with Crippen LogP contribution >= 0.6 is 34.8 Å². The van der Waals surface area contributed by atoms with Crippen LogP contribution in [0.1, 0.15) is 46.1 Å². The van der Waals surface area contributed by atoms with E-state index in [9.17, 15) is 9.59 Å². The summed E-state index contributed by atoms with van der Waals surface area (Å²) in [6.07, 6.45) is 0. The Kier molecular flexibility index (Phi) is 10.4. The topological polar surface area (TPSA) is 129 Å². The van der Waals surface area contributed by atoms with Crippen LogP contribution in [0.2, 0.25) is 15.3 Å². The van der Waals surface area contributed by atoms with Gasteiger partial charge in [-0.3, -0.25) is 0 Å². The zero-order valence-corrected chi connectivity index (χ0v) is 21.0. The molecule has 1 N–H and O–H groups in total. The fourth-order valence-corrected chi connectivity index (χ4v) is 3.11. The third kappa shape index (κ3) is 8.05. The molecule has 0 saturated carbocycles. The number of esters is 2. The molecule has 0 aliphatic rings. The molecule has 13 heteroatoms. The molecule has 180 valence electrons. The lowest BCUT2D eigenvalue weighted by Crippen LogP contribution is -2.12. The van der Waals surface area contributed by atoms with Gasteiger partial charge in [0.1, 0.15) is 5.82 Å². The van der Waals surface area contributed by atoms with Crippen LogP contribution in [0.4, 0.5) is 11.5 Å². The van der Waals surface area contributed by atoms with Gasteiger partial charge >= 0.3 is 11.9 Å². The molecule has 0 radical (unpaired) electrons. The molecule has 0 bridgehead atoms. The van der Waals surface area contributed by atoms with Crippen LogP contribution in [0.25, 0.3) is 0 Å². The third-order valence-electron chi connectivity index (χ3n) is 3.78. The van der Waals surface area contributed by atoms with E-state index in [1.807, 2.05) is 26.0 Å². The van der Waals surface area contributed by atoms with Gasteiger partial charge in [-0.1, -0.05) is 34.8 Å². The van der Waals surface area contributed by atoms with E-state index in [1.54, 1.807) is 13.8 Å². The summed E-state index contributed by atoms with van der Waals surface area (Å²) in [7, 11) is 0. The zero-order valence-electron chi connectivity index (χ0n) is 18.7. The first-order valence-electron chi connectivity index (χ1n) is 9.93. The molecule has 10 nitrogen and oxygen atoms in total. The minimum atomic E-state index is -0.600. The number of nitrogens with zero attached hydrogens (tertiary/aromatic N) is 5. The quantitative estimate of drug-likeness (QED) is 0.436. The standard InChI is InChI=1S/C14H15ClN4O2.C7H6Cl2N2O2/c1-4-21-14(20)13-10(7-11(15)18-19-13)17-12-6-8(2)5-9(3)16-12;1-2-13-7(12)6-4(8)3-5(9)10-11-6/h5-7H,4H2,1-3H3,(H,16,17,18);3H,2H2,1H3. The zero-order chi connectivity index (χ0) is 25.3. The largest absolute Gasteiger partial charge is 0.461 e. The molecule has 3 aromatic heterocycles. The van der Waals surface area contributed by atoms with Crippen LogP contribution in [-0.4, -0.2) is 50.5 Å². The Bertz CT molecular complexity index is 1160. The Morgan fingerprint density at radius 1 is 0.824 bits per heavy atom. The van der Waals surface area contributed by atoms with Crippen molar-refractivity contribution in [2.24, 2.45) is 0 Å². The number of aryl methyl sites for hydroxylation is 2. The summed E-state index contributed by atoms with van der Waals surface area (Å²) in [4.78, 5) is 27.3. The van der Waals surface area contributed by atoms with Crippen molar-refractivity contribution in [3.8, 4) is 0 Å². The summed E-state index contributed by atoms with van der Waals surface area (Å²) in [5.41, 5.74) is 2.38. The maximum absolute atomic E-state index is 11.9. The number of pyridine rings is 1. The highest BCUT2D eigenvalue weighted by molar-refractivity contribution is 6.35. The number of hydrogen-bond acceptors (Lipinski definition) is 10. The fraction of sp³-hybridized carbons (Fsp3) is 0.286. The Hall–Kier alpha value is -3.08. The van der Waals surface area contributed by atoms with Crippen LogP contribution < -0.4 is 5.32 Å². The number of nitrogens with one attached hydrogen (secondary N) is 1. The van der Waals surface area contributed by atoms with Crippen molar-refractivity contribution in [1.82, 2.24) is 25.4 Å². The van der Waals surface area contributed by atoms with Crippen molar-refractivity contribution in [1.29, 1.82) is 0 Å². The molecule has 3 rings (SSSR count). The van der Waals surface area contributed by atoms with E-state index in [1.165, 1.54) is 12.1 Å². The van der Waals surface area contributed by atoms with Gasteiger partial charge in [0.2, 0.25) is 0 Å². The Labute approximate surface area is 211 Å². The number of rotatable bonds is 6. The number of hydrogen-bond donors (Lipinski definition) is 1. The van der Waals surface area contributed by atoms with E-state index in [4.69, 9.17) is 39.5 Å². The van der Waals surface area contributed by atoms with Gasteiger partial charge < -0.3 is 14.8 Å². The van der Waals surface area contributed by atoms with Crippen molar-refractivity contribution in [3.63, 3.8) is 0 Å². The minimum Gasteiger partial charge on any atom is -0.461 e. The average molecular weight is 528 g/mol. The Morgan fingerprint density at radius 3 is 1.94 bits per heavy atom. The predicted octanol–water partition coefficient (Wildman–Crippen LogP) is 5.02. The highest BCUT2D eigenvalue weighted by Gasteiger charge is 2.17. The van der Waals surface area contributed by atoms with E-state index in [-0.39, 0.29) is 39.9 Å². The molecule has 3 heterocycles. The van der Waals surface area contributed by atoms with E-state index >= 15 is 0 Å². The second-order valence-corrected chi connectivity index (χ2v) is 7.71. The lowest BCUT2D eigenvalue weighted by molar-refractivity contribution is 0.0509. The first kappa shape index (κ1) is 27.2. The maximum Gasteiger partial charge on any atom is 0.361 e. The van der Waals surface area contributed by atoms with Crippen molar-refractivity contribution in [3.05, 3.63) is 62.2 Å². The number of carbonyl (C=O) groups is 2. The second kappa shape index (κ2) is 13.0. The number of aromatic nitrogens is 5. The fourth-order valence-electron chi connectivity index (χ4n) is 2.54. The van der Waals surface area contributed by atoms with Crippen LogP contribution in [0.15, 0.2) is 24.3 Å². The van der Waals surface area contributed by atoms with Gasteiger partial charge in [-0.2, -0.15) is 0 Å². The first-order valence-corrected chi connectivity index (χ1v) is 11.1. The highest BCUT2D eigenvalue weighted by Crippen LogP contribution is 2.22. The molecular formula is C21H21Cl3N6O4. The van der Waals surface area contributed by atoms with Gasteiger partial charge in [0, 0.05) is 11.8 Å². The predicted molar refractivity (Wildman–Crippen MR) is 128 cm³/mol. The van der Waals surface area contributed by atoms with E-state index < -0.39 is 11.9 Å². The van der Waals surface area contributed by atoms with Crippen LogP contribution in [-0.2, 0) is 9.47 Å². The molecule has 0 fully saturated rings. The van der Waals surface area contributed by atoms with Gasteiger partial charge in [0.15, 0.2) is 21.7 Å². The van der Waals surface area contributed by atoms with Gasteiger partial charge in [-0.15, -0.1) is 20.4 Å². The van der Waals surface area contributed by atoms with Gasteiger partial charge in [-0.05, 0) is 51.5 Å². The molecule has 0 atom stereocenters. The van der Waals surface area contributed by atoms with Crippen LogP contribution in [0.5, 0.6) is 0 Å². The smallest absolute Gasteiger partial charge is 0.361 e. The average Bonchev–Trinajstić information content (AvgIpc) is 2.74.